The van der Waals surface area contributed by atoms with Crippen LogP contribution in [0.15, 0.2) is 22.8 Å². The maximum Gasteiger partial charge on any atom is 0.224 e. The molecule has 1 rings (SSSR count). The van der Waals surface area contributed by atoms with Gasteiger partial charge in [-0.1, -0.05) is 13.8 Å². The van der Waals surface area contributed by atoms with Gasteiger partial charge in [-0.2, -0.15) is 0 Å². The summed E-state index contributed by atoms with van der Waals surface area (Å²) < 4.78 is 5.27. The average molecular weight is 252 g/mol. The quantitative estimate of drug-likeness (QED) is 0.743. The molecule has 2 N–H and O–H groups in total. The molecule has 2 atom stereocenters. The normalized spacial score (nSPS) is 14.2. The molecule has 0 bridgehead atoms. The van der Waals surface area contributed by atoms with Crippen molar-refractivity contribution in [3.63, 3.8) is 0 Å². The van der Waals surface area contributed by atoms with E-state index in [1.54, 1.807) is 6.26 Å². The first-order valence-corrected chi connectivity index (χ1v) is 6.67. The second-order valence-electron chi connectivity index (χ2n) is 4.74. The second kappa shape index (κ2) is 7.93. The summed E-state index contributed by atoms with van der Waals surface area (Å²) in [7, 11) is 0. The molecule has 0 aliphatic heterocycles. The number of nitrogens with one attached hydrogen (secondary N) is 2. The molecular weight excluding hydrogens is 228 g/mol. The summed E-state index contributed by atoms with van der Waals surface area (Å²) in [5.41, 5.74) is 0. The standard InChI is InChI=1S/C14H24N2O2/c1-4-15-10-11(2)14(17)16-12(3)7-8-13-6-5-9-18-13/h5-6,9,11-12,15H,4,7-8,10H2,1-3H3,(H,16,17). The molecule has 0 saturated carbocycles. The molecule has 18 heavy (non-hydrogen) atoms. The number of carbonyl (C=O) groups is 1. The maximum absolute atomic E-state index is 11.8. The van der Waals surface area contributed by atoms with Crippen molar-refractivity contribution in [2.45, 2.75) is 39.7 Å². The highest BCUT2D eigenvalue weighted by Crippen LogP contribution is 2.06. The number of rotatable bonds is 8. The Bertz CT molecular complexity index is 336. The van der Waals surface area contributed by atoms with Crippen LogP contribution in [0.25, 0.3) is 0 Å². The molecule has 1 aromatic rings. The van der Waals surface area contributed by atoms with Crippen LogP contribution in [0, 0.1) is 5.92 Å². The molecule has 0 fully saturated rings. The van der Waals surface area contributed by atoms with E-state index < -0.39 is 0 Å². The van der Waals surface area contributed by atoms with Crippen molar-refractivity contribution < 1.29 is 9.21 Å². The number of hydrogen-bond donors (Lipinski definition) is 2. The van der Waals surface area contributed by atoms with Gasteiger partial charge in [-0.05, 0) is 32.0 Å². The van der Waals surface area contributed by atoms with E-state index in [1.807, 2.05) is 32.9 Å². The Balaban J connectivity index is 2.22. The number of hydrogen-bond acceptors (Lipinski definition) is 3. The highest BCUT2D eigenvalue weighted by Gasteiger charge is 2.14. The van der Waals surface area contributed by atoms with Gasteiger partial charge in [0.15, 0.2) is 0 Å². The van der Waals surface area contributed by atoms with Gasteiger partial charge < -0.3 is 15.1 Å². The molecular formula is C14H24N2O2. The predicted octanol–water partition coefficient (Wildman–Crippen LogP) is 1.96. The highest BCUT2D eigenvalue weighted by molar-refractivity contribution is 5.78. The maximum atomic E-state index is 11.8. The van der Waals surface area contributed by atoms with E-state index in [1.165, 1.54) is 0 Å². The van der Waals surface area contributed by atoms with E-state index in [0.717, 1.165) is 31.7 Å². The Kier molecular flexibility index (Phi) is 6.50. The summed E-state index contributed by atoms with van der Waals surface area (Å²) in [4.78, 5) is 11.8. The fourth-order valence-corrected chi connectivity index (χ4v) is 1.72. The topological polar surface area (TPSA) is 54.3 Å². The fraction of sp³-hybridized carbons (Fsp3) is 0.643. The van der Waals surface area contributed by atoms with E-state index >= 15 is 0 Å². The predicted molar refractivity (Wildman–Crippen MR) is 72.3 cm³/mol. The summed E-state index contributed by atoms with van der Waals surface area (Å²) >= 11 is 0. The van der Waals surface area contributed by atoms with E-state index in [4.69, 9.17) is 4.42 Å². The monoisotopic (exact) mass is 252 g/mol. The zero-order valence-electron chi connectivity index (χ0n) is 11.5. The zero-order valence-corrected chi connectivity index (χ0v) is 11.5. The van der Waals surface area contributed by atoms with Gasteiger partial charge in [0.1, 0.15) is 5.76 Å². The Morgan fingerprint density at radius 1 is 1.44 bits per heavy atom. The Morgan fingerprint density at radius 3 is 2.83 bits per heavy atom. The largest absolute Gasteiger partial charge is 0.469 e. The van der Waals surface area contributed by atoms with Crippen LogP contribution in [-0.2, 0) is 11.2 Å². The number of amides is 1. The summed E-state index contributed by atoms with van der Waals surface area (Å²) in [6.07, 6.45) is 3.43. The molecule has 0 spiro atoms. The van der Waals surface area contributed by atoms with Crippen molar-refractivity contribution in [3.8, 4) is 0 Å². The van der Waals surface area contributed by atoms with Crippen LogP contribution in [0.3, 0.4) is 0 Å². The lowest BCUT2D eigenvalue weighted by atomic mass is 10.1. The minimum Gasteiger partial charge on any atom is -0.469 e. The molecule has 0 radical (unpaired) electrons. The van der Waals surface area contributed by atoms with Crippen molar-refractivity contribution in [3.05, 3.63) is 24.2 Å². The highest BCUT2D eigenvalue weighted by atomic mass is 16.3. The Hall–Kier alpha value is -1.29. The smallest absolute Gasteiger partial charge is 0.224 e. The first kappa shape index (κ1) is 14.8. The van der Waals surface area contributed by atoms with E-state index in [-0.39, 0.29) is 17.9 Å². The molecule has 0 saturated heterocycles. The third-order valence-corrected chi connectivity index (χ3v) is 2.94. The molecule has 0 aliphatic rings. The van der Waals surface area contributed by atoms with Gasteiger partial charge in [-0.15, -0.1) is 0 Å². The van der Waals surface area contributed by atoms with Crippen molar-refractivity contribution in [1.29, 1.82) is 0 Å². The SMILES string of the molecule is CCNCC(C)C(=O)NC(C)CCc1ccco1. The minimum atomic E-state index is 0.0102. The van der Waals surface area contributed by atoms with Crippen molar-refractivity contribution in [1.82, 2.24) is 10.6 Å². The van der Waals surface area contributed by atoms with E-state index in [2.05, 4.69) is 10.6 Å². The lowest BCUT2D eigenvalue weighted by Gasteiger charge is -2.17. The van der Waals surface area contributed by atoms with Crippen LogP contribution in [0.1, 0.15) is 33.0 Å². The Labute approximate surface area is 109 Å². The van der Waals surface area contributed by atoms with Gasteiger partial charge >= 0.3 is 0 Å². The van der Waals surface area contributed by atoms with E-state index in [9.17, 15) is 4.79 Å². The second-order valence-corrected chi connectivity index (χ2v) is 4.74. The van der Waals surface area contributed by atoms with Gasteiger partial charge in [0.05, 0.1) is 6.26 Å². The van der Waals surface area contributed by atoms with Crippen LogP contribution in [0.5, 0.6) is 0 Å². The summed E-state index contributed by atoms with van der Waals surface area (Å²) in [5, 5.41) is 6.21. The lowest BCUT2D eigenvalue weighted by Crippen LogP contribution is -2.40. The van der Waals surface area contributed by atoms with Crippen LogP contribution in [-0.4, -0.2) is 25.0 Å². The molecule has 1 heterocycles. The molecule has 0 aliphatic carbocycles. The first-order valence-electron chi connectivity index (χ1n) is 6.67. The lowest BCUT2D eigenvalue weighted by molar-refractivity contribution is -0.125. The van der Waals surface area contributed by atoms with Crippen molar-refractivity contribution >= 4 is 5.91 Å². The van der Waals surface area contributed by atoms with E-state index in [0.29, 0.717) is 0 Å². The third-order valence-electron chi connectivity index (χ3n) is 2.94. The molecule has 2 unspecified atom stereocenters. The van der Waals surface area contributed by atoms with Gasteiger partial charge in [0.25, 0.3) is 0 Å². The van der Waals surface area contributed by atoms with Gasteiger partial charge in [0, 0.05) is 24.9 Å². The fourth-order valence-electron chi connectivity index (χ4n) is 1.72. The molecule has 1 aromatic heterocycles. The third kappa shape index (κ3) is 5.36. The van der Waals surface area contributed by atoms with Gasteiger partial charge in [0.2, 0.25) is 5.91 Å². The van der Waals surface area contributed by atoms with Crippen LogP contribution in [0.4, 0.5) is 0 Å². The van der Waals surface area contributed by atoms with Crippen LogP contribution in [0.2, 0.25) is 0 Å². The first-order chi connectivity index (χ1) is 8.63. The summed E-state index contributed by atoms with van der Waals surface area (Å²) in [6.45, 7) is 7.63. The van der Waals surface area contributed by atoms with Crippen LogP contribution >= 0.6 is 0 Å². The number of furan rings is 1. The summed E-state index contributed by atoms with van der Waals surface area (Å²) in [5.74, 6) is 1.09. The zero-order chi connectivity index (χ0) is 13.4. The molecule has 4 heteroatoms. The summed E-state index contributed by atoms with van der Waals surface area (Å²) in [6, 6.07) is 4.02. The minimum absolute atomic E-state index is 0.0102. The van der Waals surface area contributed by atoms with Gasteiger partial charge in [-0.3, -0.25) is 4.79 Å². The van der Waals surface area contributed by atoms with Crippen LogP contribution < -0.4 is 10.6 Å². The molecule has 1 amide bonds. The molecule has 0 aromatic carbocycles. The number of carbonyl (C=O) groups excluding carboxylic acids is 1. The molecule has 4 nitrogen and oxygen atoms in total. The average Bonchev–Trinajstić information content (AvgIpc) is 2.86. The van der Waals surface area contributed by atoms with Crippen molar-refractivity contribution in [2.24, 2.45) is 5.92 Å². The van der Waals surface area contributed by atoms with Crippen molar-refractivity contribution in [2.75, 3.05) is 13.1 Å². The number of aryl methyl sites for hydroxylation is 1. The Morgan fingerprint density at radius 2 is 2.22 bits per heavy atom. The molecule has 102 valence electrons. The van der Waals surface area contributed by atoms with Gasteiger partial charge in [-0.25, -0.2) is 0 Å².